The normalized spacial score (nSPS) is 11.2. The van der Waals surface area contributed by atoms with E-state index in [0.29, 0.717) is 0 Å². The largest absolute Gasteiger partial charge is 0.282 e. The van der Waals surface area contributed by atoms with Gasteiger partial charge in [0, 0.05) is 19.6 Å². The maximum absolute atomic E-state index is 12.2. The second-order valence-corrected chi connectivity index (χ2v) is 10.7. The predicted octanol–water partition coefficient (Wildman–Crippen LogP) is 8.50. The molecular formula is C30H22O2S3. The molecule has 35 heavy (non-hydrogen) atoms. The molecule has 0 fully saturated rings. The zero-order chi connectivity index (χ0) is 24.3. The summed E-state index contributed by atoms with van der Waals surface area (Å²) in [5.74, 6) is 0. The van der Waals surface area contributed by atoms with Crippen molar-refractivity contribution in [2.24, 2.45) is 0 Å². The first-order chi connectivity index (χ1) is 17.1. The summed E-state index contributed by atoms with van der Waals surface area (Å²) in [6.07, 6.45) is 6.86. The molecule has 0 aromatic heterocycles. The minimum Gasteiger partial charge on any atom is -0.282 e. The Morgan fingerprint density at radius 2 is 0.800 bits per heavy atom. The van der Waals surface area contributed by atoms with Crippen molar-refractivity contribution in [2.45, 2.75) is 19.6 Å². The zero-order valence-electron chi connectivity index (χ0n) is 18.7. The van der Waals surface area contributed by atoms with Crippen LogP contribution in [0.5, 0.6) is 0 Å². The second kappa shape index (κ2) is 13.0. The van der Waals surface area contributed by atoms with Crippen LogP contribution in [0.4, 0.5) is 0 Å². The molecule has 0 bridgehead atoms. The van der Waals surface area contributed by atoms with Crippen LogP contribution >= 0.6 is 35.3 Å². The zero-order valence-corrected chi connectivity index (χ0v) is 21.2. The fraction of sp³-hybridized carbons (Fsp3) is 0. The Hall–Kier alpha value is -3.25. The number of hydrogen-bond donors (Lipinski definition) is 0. The number of carbonyl (C=O) groups is 2. The lowest BCUT2D eigenvalue weighted by Crippen LogP contribution is -1.85. The summed E-state index contributed by atoms with van der Waals surface area (Å²) in [6.45, 7) is 0. The summed E-state index contributed by atoms with van der Waals surface area (Å²) in [5, 5.41) is -0.00832. The fourth-order valence-corrected chi connectivity index (χ4v) is 5.14. The Morgan fingerprint density at radius 3 is 1.17 bits per heavy atom. The number of hydrogen-bond acceptors (Lipinski definition) is 5. The molecule has 172 valence electrons. The van der Waals surface area contributed by atoms with E-state index in [4.69, 9.17) is 0 Å². The molecule has 2 nitrogen and oxygen atoms in total. The van der Waals surface area contributed by atoms with Crippen LogP contribution in [0.25, 0.3) is 12.2 Å². The molecule has 4 aromatic rings. The van der Waals surface area contributed by atoms with Gasteiger partial charge in [0.05, 0.1) is 0 Å². The first-order valence-corrected chi connectivity index (χ1v) is 13.4. The lowest BCUT2D eigenvalue weighted by Gasteiger charge is -2.04. The van der Waals surface area contributed by atoms with Crippen LogP contribution in [0.3, 0.4) is 0 Å². The van der Waals surface area contributed by atoms with Gasteiger partial charge in [0.15, 0.2) is 0 Å². The van der Waals surface area contributed by atoms with Crippen molar-refractivity contribution >= 4 is 57.7 Å². The summed E-state index contributed by atoms with van der Waals surface area (Å²) < 4.78 is 0. The monoisotopic (exact) mass is 510 g/mol. The van der Waals surface area contributed by atoms with E-state index in [1.54, 1.807) is 23.9 Å². The van der Waals surface area contributed by atoms with Gasteiger partial charge in [0.1, 0.15) is 0 Å². The molecule has 0 saturated carbocycles. The molecule has 0 radical (unpaired) electrons. The average Bonchev–Trinajstić information content (AvgIpc) is 2.90. The smallest absolute Gasteiger partial charge is 0.216 e. The first-order valence-electron chi connectivity index (χ1n) is 10.9. The number of benzene rings is 4. The number of thioether (sulfide) groups is 2. The second-order valence-electron chi connectivity index (χ2n) is 7.38. The topological polar surface area (TPSA) is 34.1 Å². The number of rotatable bonds is 8. The van der Waals surface area contributed by atoms with Crippen LogP contribution in [-0.4, -0.2) is 10.2 Å². The lowest BCUT2D eigenvalue weighted by molar-refractivity contribution is -0.107. The van der Waals surface area contributed by atoms with Gasteiger partial charge in [-0.1, -0.05) is 84.6 Å². The van der Waals surface area contributed by atoms with Crippen molar-refractivity contribution in [2.75, 3.05) is 0 Å². The highest BCUT2D eigenvalue weighted by atomic mass is 32.2. The van der Waals surface area contributed by atoms with Gasteiger partial charge in [-0.25, -0.2) is 0 Å². The van der Waals surface area contributed by atoms with Crippen molar-refractivity contribution in [3.63, 3.8) is 0 Å². The van der Waals surface area contributed by atoms with Gasteiger partial charge >= 0.3 is 0 Å². The SMILES string of the molecule is O=C(/C=C\c1ccccc1)Sc1ccc(Sc2ccc(SC(=O)/C=C/c3ccccc3)cc2)cc1. The molecule has 0 aliphatic rings. The fourth-order valence-electron chi connectivity index (χ4n) is 3.04. The van der Waals surface area contributed by atoms with Crippen molar-refractivity contribution < 1.29 is 9.59 Å². The van der Waals surface area contributed by atoms with Crippen LogP contribution in [0.2, 0.25) is 0 Å². The van der Waals surface area contributed by atoms with Gasteiger partial charge in [-0.2, -0.15) is 0 Å². The molecule has 0 N–H and O–H groups in total. The summed E-state index contributed by atoms with van der Waals surface area (Å²) >= 11 is 4.07. The molecule has 0 amide bonds. The molecule has 0 aliphatic heterocycles. The van der Waals surface area contributed by atoms with Crippen molar-refractivity contribution in [3.8, 4) is 0 Å². The molecule has 0 unspecified atom stereocenters. The Morgan fingerprint density at radius 1 is 0.457 bits per heavy atom. The van der Waals surface area contributed by atoms with Gasteiger partial charge in [-0.05, 0) is 95.3 Å². The van der Waals surface area contributed by atoms with E-state index in [-0.39, 0.29) is 10.2 Å². The third-order valence-electron chi connectivity index (χ3n) is 4.74. The van der Waals surface area contributed by atoms with Gasteiger partial charge < -0.3 is 0 Å². The summed E-state index contributed by atoms with van der Waals surface area (Å²) in [6, 6.07) is 35.5. The van der Waals surface area contributed by atoms with Crippen LogP contribution in [0.15, 0.2) is 141 Å². The molecule has 0 spiro atoms. The van der Waals surface area contributed by atoms with Crippen molar-refractivity contribution in [3.05, 3.63) is 132 Å². The number of carbonyl (C=O) groups excluding carboxylic acids is 2. The highest BCUT2D eigenvalue weighted by Gasteiger charge is 2.05. The van der Waals surface area contributed by atoms with Crippen LogP contribution < -0.4 is 0 Å². The van der Waals surface area contributed by atoms with Crippen LogP contribution in [0.1, 0.15) is 11.1 Å². The van der Waals surface area contributed by atoms with Gasteiger partial charge in [-0.15, -0.1) is 0 Å². The van der Waals surface area contributed by atoms with Gasteiger partial charge in [0.25, 0.3) is 0 Å². The van der Waals surface area contributed by atoms with Crippen molar-refractivity contribution in [1.29, 1.82) is 0 Å². The Kier molecular flexibility index (Phi) is 9.24. The van der Waals surface area contributed by atoms with E-state index >= 15 is 0 Å². The molecule has 5 heteroatoms. The third kappa shape index (κ3) is 8.48. The van der Waals surface area contributed by atoms with E-state index in [1.807, 2.05) is 121 Å². The first kappa shape index (κ1) is 24.9. The van der Waals surface area contributed by atoms with E-state index in [0.717, 1.165) is 30.7 Å². The maximum Gasteiger partial charge on any atom is 0.216 e. The summed E-state index contributed by atoms with van der Waals surface area (Å²) in [5.41, 5.74) is 2.01. The van der Waals surface area contributed by atoms with E-state index in [1.165, 1.54) is 23.5 Å². The Bertz CT molecular complexity index is 1210. The minimum atomic E-state index is -0.00416. The molecular weight excluding hydrogens is 489 g/mol. The predicted molar refractivity (Wildman–Crippen MR) is 150 cm³/mol. The van der Waals surface area contributed by atoms with Crippen molar-refractivity contribution in [1.82, 2.24) is 0 Å². The molecule has 0 heterocycles. The van der Waals surface area contributed by atoms with E-state index < -0.39 is 0 Å². The maximum atomic E-state index is 12.2. The molecule has 4 aromatic carbocycles. The Labute approximate surface area is 218 Å². The third-order valence-corrected chi connectivity index (χ3v) is 7.45. The average molecular weight is 511 g/mol. The standard InChI is InChI=1S/C30H22O2S3/c31-29(21-11-23-7-3-1-4-8-23)34-27-17-13-25(14-18-27)33-26-15-19-28(20-16-26)35-30(32)22-12-24-9-5-2-6-10-24/h1-22H/b21-11-,22-12+. The molecule has 0 saturated heterocycles. The Balaban J connectivity index is 1.27. The van der Waals surface area contributed by atoms with Crippen LogP contribution in [0, 0.1) is 0 Å². The highest BCUT2D eigenvalue weighted by molar-refractivity contribution is 8.14. The van der Waals surface area contributed by atoms with Gasteiger partial charge in [-0.3, -0.25) is 9.59 Å². The summed E-state index contributed by atoms with van der Waals surface area (Å²) in [7, 11) is 0. The molecule has 4 rings (SSSR count). The quantitative estimate of drug-likeness (QED) is 0.175. The van der Waals surface area contributed by atoms with E-state index in [2.05, 4.69) is 0 Å². The van der Waals surface area contributed by atoms with Gasteiger partial charge in [0.2, 0.25) is 10.2 Å². The summed E-state index contributed by atoms with van der Waals surface area (Å²) in [4.78, 5) is 28.4. The van der Waals surface area contributed by atoms with E-state index in [9.17, 15) is 9.59 Å². The van der Waals surface area contributed by atoms with Crippen LogP contribution in [-0.2, 0) is 9.59 Å². The lowest BCUT2D eigenvalue weighted by atomic mass is 10.2. The highest BCUT2D eigenvalue weighted by Crippen LogP contribution is 2.31. The molecule has 0 aliphatic carbocycles. The molecule has 0 atom stereocenters. The minimum absolute atomic E-state index is 0.00416.